The molecular formula is C12H19NO3. The van der Waals surface area contributed by atoms with E-state index in [-0.39, 0.29) is 18.2 Å². The summed E-state index contributed by atoms with van der Waals surface area (Å²) in [6.07, 6.45) is 6.21. The van der Waals surface area contributed by atoms with Crippen LogP contribution in [0.3, 0.4) is 0 Å². The minimum Gasteiger partial charge on any atom is -0.481 e. The molecular weight excluding hydrogens is 206 g/mol. The summed E-state index contributed by atoms with van der Waals surface area (Å²) in [4.78, 5) is 24.5. The Morgan fingerprint density at radius 3 is 2.62 bits per heavy atom. The van der Waals surface area contributed by atoms with E-state index < -0.39 is 5.97 Å². The molecule has 2 aliphatic rings. The third kappa shape index (κ3) is 2.36. The van der Waals surface area contributed by atoms with Gasteiger partial charge < -0.3 is 10.0 Å². The number of aliphatic carboxylic acids is 1. The highest BCUT2D eigenvalue weighted by Crippen LogP contribution is 2.31. The normalized spacial score (nSPS) is 26.6. The van der Waals surface area contributed by atoms with E-state index in [9.17, 15) is 9.59 Å². The van der Waals surface area contributed by atoms with Crippen molar-refractivity contribution in [1.82, 2.24) is 4.90 Å². The Balaban J connectivity index is 1.86. The van der Waals surface area contributed by atoms with Crippen molar-refractivity contribution in [2.24, 2.45) is 5.92 Å². The zero-order valence-corrected chi connectivity index (χ0v) is 9.52. The lowest BCUT2D eigenvalue weighted by Gasteiger charge is -2.24. The van der Waals surface area contributed by atoms with Gasteiger partial charge in [-0.1, -0.05) is 12.8 Å². The summed E-state index contributed by atoms with van der Waals surface area (Å²) in [5, 5.41) is 8.61. The molecule has 90 valence electrons. The van der Waals surface area contributed by atoms with Crippen LogP contribution in [0.1, 0.15) is 44.9 Å². The third-order valence-electron chi connectivity index (χ3n) is 3.82. The first-order valence-corrected chi connectivity index (χ1v) is 6.21. The molecule has 1 heterocycles. The van der Waals surface area contributed by atoms with Crippen LogP contribution in [0.5, 0.6) is 0 Å². The molecule has 1 aliphatic carbocycles. The molecule has 1 unspecified atom stereocenters. The number of rotatable bonds is 4. The number of carboxylic acid groups (broad SMARTS) is 1. The molecule has 0 radical (unpaired) electrons. The molecule has 0 bridgehead atoms. The van der Waals surface area contributed by atoms with E-state index in [0.29, 0.717) is 12.5 Å². The highest BCUT2D eigenvalue weighted by Gasteiger charge is 2.36. The van der Waals surface area contributed by atoms with E-state index in [0.717, 1.165) is 25.8 Å². The molecule has 0 spiro atoms. The Bertz CT molecular complexity index is 284. The summed E-state index contributed by atoms with van der Waals surface area (Å²) in [6, 6.07) is 0.447. The molecule has 16 heavy (non-hydrogen) atoms. The summed E-state index contributed by atoms with van der Waals surface area (Å²) >= 11 is 0. The maximum absolute atomic E-state index is 12.0. The first-order valence-electron chi connectivity index (χ1n) is 6.21. The molecule has 0 aromatic carbocycles. The molecule has 1 saturated carbocycles. The highest BCUT2D eigenvalue weighted by atomic mass is 16.4. The van der Waals surface area contributed by atoms with Gasteiger partial charge in [0.05, 0.1) is 0 Å². The van der Waals surface area contributed by atoms with Gasteiger partial charge in [-0.25, -0.2) is 0 Å². The van der Waals surface area contributed by atoms with Gasteiger partial charge in [0.25, 0.3) is 0 Å². The van der Waals surface area contributed by atoms with Gasteiger partial charge in [0.2, 0.25) is 5.91 Å². The molecule has 2 fully saturated rings. The summed E-state index contributed by atoms with van der Waals surface area (Å²) < 4.78 is 0. The molecule has 1 amide bonds. The van der Waals surface area contributed by atoms with Gasteiger partial charge in [-0.05, 0) is 25.7 Å². The van der Waals surface area contributed by atoms with Gasteiger partial charge in [-0.2, -0.15) is 0 Å². The largest absolute Gasteiger partial charge is 0.481 e. The standard InChI is InChI=1S/C12H19NO3/c14-11(15)6-5-9-7-8-13(12(9)16)10-3-1-2-4-10/h9-10H,1-8H2,(H,14,15). The molecule has 1 N–H and O–H groups in total. The van der Waals surface area contributed by atoms with Crippen LogP contribution < -0.4 is 0 Å². The Hall–Kier alpha value is -1.06. The summed E-state index contributed by atoms with van der Waals surface area (Å²) in [5.41, 5.74) is 0. The van der Waals surface area contributed by atoms with Crippen molar-refractivity contribution in [1.29, 1.82) is 0 Å². The van der Waals surface area contributed by atoms with Gasteiger partial charge in [0, 0.05) is 24.9 Å². The average Bonchev–Trinajstić information content (AvgIpc) is 2.84. The Morgan fingerprint density at radius 1 is 1.31 bits per heavy atom. The number of likely N-dealkylation sites (tertiary alicyclic amines) is 1. The summed E-state index contributed by atoms with van der Waals surface area (Å²) in [7, 11) is 0. The van der Waals surface area contributed by atoms with E-state index in [4.69, 9.17) is 5.11 Å². The van der Waals surface area contributed by atoms with Crippen LogP contribution in [0.4, 0.5) is 0 Å². The maximum Gasteiger partial charge on any atom is 0.303 e. The lowest BCUT2D eigenvalue weighted by Crippen LogP contribution is -2.35. The van der Waals surface area contributed by atoms with Crippen molar-refractivity contribution in [3.8, 4) is 0 Å². The van der Waals surface area contributed by atoms with Gasteiger partial charge in [-0.15, -0.1) is 0 Å². The third-order valence-corrected chi connectivity index (χ3v) is 3.82. The van der Waals surface area contributed by atoms with Crippen LogP contribution in [0.25, 0.3) is 0 Å². The predicted octanol–water partition coefficient (Wildman–Crippen LogP) is 1.64. The predicted molar refractivity (Wildman–Crippen MR) is 58.9 cm³/mol. The minimum absolute atomic E-state index is 0.0308. The van der Waals surface area contributed by atoms with E-state index in [1.165, 1.54) is 12.8 Å². The van der Waals surface area contributed by atoms with Gasteiger partial charge in [-0.3, -0.25) is 9.59 Å². The number of nitrogens with zero attached hydrogens (tertiary/aromatic N) is 1. The zero-order valence-electron chi connectivity index (χ0n) is 9.52. The van der Waals surface area contributed by atoms with Crippen LogP contribution >= 0.6 is 0 Å². The first-order chi connectivity index (χ1) is 7.68. The number of hydrogen-bond donors (Lipinski definition) is 1. The van der Waals surface area contributed by atoms with Gasteiger partial charge in [0.1, 0.15) is 0 Å². The number of amides is 1. The smallest absolute Gasteiger partial charge is 0.303 e. The number of carboxylic acids is 1. The van der Waals surface area contributed by atoms with Crippen LogP contribution in [-0.4, -0.2) is 34.5 Å². The quantitative estimate of drug-likeness (QED) is 0.791. The van der Waals surface area contributed by atoms with Crippen molar-refractivity contribution in [3.05, 3.63) is 0 Å². The molecule has 2 rings (SSSR count). The fourth-order valence-electron chi connectivity index (χ4n) is 2.91. The molecule has 0 aromatic heterocycles. The van der Waals surface area contributed by atoms with E-state index in [1.54, 1.807) is 0 Å². The first kappa shape index (κ1) is 11.4. The fourth-order valence-corrected chi connectivity index (χ4v) is 2.91. The second kappa shape index (κ2) is 4.85. The Kier molecular flexibility index (Phi) is 3.46. The molecule has 1 saturated heterocycles. The topological polar surface area (TPSA) is 57.6 Å². The van der Waals surface area contributed by atoms with Gasteiger partial charge in [0.15, 0.2) is 0 Å². The van der Waals surface area contributed by atoms with Crippen LogP contribution in [0, 0.1) is 5.92 Å². The summed E-state index contributed by atoms with van der Waals surface area (Å²) in [5.74, 6) is -0.628. The van der Waals surface area contributed by atoms with Crippen molar-refractivity contribution in [2.75, 3.05) is 6.54 Å². The van der Waals surface area contributed by atoms with E-state index in [2.05, 4.69) is 0 Å². The lowest BCUT2D eigenvalue weighted by atomic mass is 10.0. The second-order valence-corrected chi connectivity index (χ2v) is 4.89. The lowest BCUT2D eigenvalue weighted by molar-refractivity contribution is -0.137. The number of hydrogen-bond acceptors (Lipinski definition) is 2. The van der Waals surface area contributed by atoms with Crippen molar-refractivity contribution in [2.45, 2.75) is 51.0 Å². The molecule has 0 aromatic rings. The van der Waals surface area contributed by atoms with Crippen LogP contribution in [-0.2, 0) is 9.59 Å². The molecule has 4 nitrogen and oxygen atoms in total. The molecule has 1 atom stereocenters. The maximum atomic E-state index is 12.0. The van der Waals surface area contributed by atoms with Crippen molar-refractivity contribution >= 4 is 11.9 Å². The highest BCUT2D eigenvalue weighted by molar-refractivity contribution is 5.81. The monoisotopic (exact) mass is 225 g/mol. The van der Waals surface area contributed by atoms with Crippen LogP contribution in [0.15, 0.2) is 0 Å². The Labute approximate surface area is 95.6 Å². The van der Waals surface area contributed by atoms with Gasteiger partial charge >= 0.3 is 5.97 Å². The average molecular weight is 225 g/mol. The van der Waals surface area contributed by atoms with Crippen LogP contribution in [0.2, 0.25) is 0 Å². The fraction of sp³-hybridized carbons (Fsp3) is 0.833. The number of carbonyl (C=O) groups excluding carboxylic acids is 1. The zero-order chi connectivity index (χ0) is 11.5. The van der Waals surface area contributed by atoms with E-state index in [1.807, 2.05) is 4.90 Å². The molecule has 1 aliphatic heterocycles. The number of carbonyl (C=O) groups is 2. The van der Waals surface area contributed by atoms with E-state index >= 15 is 0 Å². The SMILES string of the molecule is O=C(O)CCC1CCN(C2CCCC2)C1=O. The van der Waals surface area contributed by atoms with Crippen molar-refractivity contribution < 1.29 is 14.7 Å². The van der Waals surface area contributed by atoms with Crippen molar-refractivity contribution in [3.63, 3.8) is 0 Å². The second-order valence-electron chi connectivity index (χ2n) is 4.89. The molecule has 4 heteroatoms. The summed E-state index contributed by atoms with van der Waals surface area (Å²) in [6.45, 7) is 0.841. The minimum atomic E-state index is -0.799. The Morgan fingerprint density at radius 2 is 2.00 bits per heavy atom.